The molecule has 2 heterocycles. The Hall–Kier alpha value is -1.88. The van der Waals surface area contributed by atoms with E-state index in [1.807, 2.05) is 0 Å². The molecule has 0 saturated carbocycles. The molecule has 0 unspecified atom stereocenters. The molecule has 0 fully saturated rings. The summed E-state index contributed by atoms with van der Waals surface area (Å²) in [5.41, 5.74) is 0. The molecule has 1 N–H and O–H groups in total. The number of hydrogen-bond donors (Lipinski definition) is 1. The molecular weight excluding hydrogens is 218 g/mol. The van der Waals surface area contributed by atoms with Gasteiger partial charge in [0.25, 0.3) is 5.91 Å². The zero-order valence-corrected chi connectivity index (χ0v) is 8.23. The fraction of sp³-hybridized carbons (Fsp3) is 0. The number of nitrogens with one attached hydrogen (secondary N) is 1. The highest BCUT2D eigenvalue weighted by atomic mass is 35.5. The highest BCUT2D eigenvalue weighted by Gasteiger charge is 2.10. The first-order valence-electron chi connectivity index (χ1n) is 4.10. The number of carbonyl (C=O) groups excluding carboxylic acids is 1. The Morgan fingerprint density at radius 1 is 1.40 bits per heavy atom. The van der Waals surface area contributed by atoms with Gasteiger partial charge in [-0.1, -0.05) is 0 Å². The van der Waals surface area contributed by atoms with Gasteiger partial charge in [0.1, 0.15) is 0 Å². The van der Waals surface area contributed by atoms with Crippen molar-refractivity contribution in [2.45, 2.75) is 0 Å². The summed E-state index contributed by atoms with van der Waals surface area (Å²) < 4.78 is 4.92. The lowest BCUT2D eigenvalue weighted by atomic mass is 10.4. The van der Waals surface area contributed by atoms with Crippen LogP contribution in [0.15, 0.2) is 34.9 Å². The fourth-order valence-electron chi connectivity index (χ4n) is 0.982. The molecular formula is C9H6ClN3O2. The maximum Gasteiger partial charge on any atom is 0.292 e. The third-order valence-electron chi connectivity index (χ3n) is 1.61. The Morgan fingerprint density at radius 3 is 2.87 bits per heavy atom. The van der Waals surface area contributed by atoms with Crippen molar-refractivity contribution >= 4 is 23.3 Å². The molecule has 0 bridgehead atoms. The van der Waals surface area contributed by atoms with Crippen molar-refractivity contribution in [1.29, 1.82) is 0 Å². The number of amides is 1. The Morgan fingerprint density at radius 2 is 2.27 bits per heavy atom. The van der Waals surface area contributed by atoms with Crippen LogP contribution < -0.4 is 5.32 Å². The van der Waals surface area contributed by atoms with E-state index in [1.165, 1.54) is 18.3 Å². The third kappa shape index (κ3) is 2.32. The van der Waals surface area contributed by atoms with E-state index in [1.54, 1.807) is 12.1 Å². The average molecular weight is 224 g/mol. The lowest BCUT2D eigenvalue weighted by molar-refractivity contribution is 0.0996. The van der Waals surface area contributed by atoms with Crippen LogP contribution in [0.3, 0.4) is 0 Å². The van der Waals surface area contributed by atoms with Gasteiger partial charge in [0.15, 0.2) is 16.8 Å². The fourth-order valence-corrected chi connectivity index (χ4v) is 1.13. The van der Waals surface area contributed by atoms with Crippen molar-refractivity contribution in [2.24, 2.45) is 0 Å². The molecule has 2 rings (SSSR count). The van der Waals surface area contributed by atoms with Gasteiger partial charge in [-0.3, -0.25) is 4.79 Å². The van der Waals surface area contributed by atoms with E-state index in [0.717, 1.165) is 0 Å². The Kier molecular flexibility index (Phi) is 2.64. The summed E-state index contributed by atoms with van der Waals surface area (Å²) in [5.74, 6) is 0.0723. The van der Waals surface area contributed by atoms with Crippen LogP contribution in [0.5, 0.6) is 0 Å². The van der Waals surface area contributed by atoms with E-state index < -0.39 is 5.91 Å². The number of hydrogen-bond acceptors (Lipinski definition) is 4. The van der Waals surface area contributed by atoms with Crippen molar-refractivity contribution in [3.63, 3.8) is 0 Å². The maximum absolute atomic E-state index is 11.5. The summed E-state index contributed by atoms with van der Waals surface area (Å²) in [6, 6.07) is 6.26. The smallest absolute Gasteiger partial charge is 0.292 e. The summed E-state index contributed by atoms with van der Waals surface area (Å²) in [4.78, 5) is 11.5. The van der Waals surface area contributed by atoms with Gasteiger partial charge in [0.2, 0.25) is 0 Å². The number of carbonyl (C=O) groups is 1. The molecule has 6 heteroatoms. The second-order valence-electron chi connectivity index (χ2n) is 2.67. The Labute approximate surface area is 90.1 Å². The maximum atomic E-state index is 11.5. The number of rotatable bonds is 2. The number of aromatic nitrogens is 2. The minimum atomic E-state index is -0.414. The van der Waals surface area contributed by atoms with E-state index in [-0.39, 0.29) is 11.0 Å². The van der Waals surface area contributed by atoms with Crippen molar-refractivity contribution in [3.05, 3.63) is 41.4 Å². The van der Waals surface area contributed by atoms with Crippen LogP contribution in [0.1, 0.15) is 10.6 Å². The molecule has 0 spiro atoms. The zero-order valence-electron chi connectivity index (χ0n) is 7.48. The minimum Gasteiger partial charge on any atom is -0.440 e. The molecule has 0 aliphatic heterocycles. The van der Waals surface area contributed by atoms with Crippen LogP contribution in [0, 0.1) is 0 Å². The van der Waals surface area contributed by atoms with Gasteiger partial charge < -0.3 is 9.73 Å². The topological polar surface area (TPSA) is 68.0 Å². The van der Waals surface area contributed by atoms with Gasteiger partial charge in [-0.2, -0.15) is 5.10 Å². The predicted octanol–water partition coefficient (Wildman–Crippen LogP) is 1.98. The summed E-state index contributed by atoms with van der Waals surface area (Å²) in [5, 5.41) is 9.98. The van der Waals surface area contributed by atoms with Gasteiger partial charge in [-0.05, 0) is 35.9 Å². The van der Waals surface area contributed by atoms with Crippen LogP contribution in [-0.2, 0) is 0 Å². The zero-order chi connectivity index (χ0) is 10.7. The molecule has 0 saturated heterocycles. The highest BCUT2D eigenvalue weighted by Crippen LogP contribution is 2.14. The van der Waals surface area contributed by atoms with E-state index in [4.69, 9.17) is 16.0 Å². The normalized spacial score (nSPS) is 9.93. The molecule has 76 valence electrons. The van der Waals surface area contributed by atoms with Crippen molar-refractivity contribution in [1.82, 2.24) is 10.2 Å². The molecule has 5 nitrogen and oxygen atoms in total. The molecule has 2 aromatic rings. The molecule has 1 amide bonds. The number of anilines is 1. The van der Waals surface area contributed by atoms with Gasteiger partial charge in [0, 0.05) is 6.20 Å². The highest BCUT2D eigenvalue weighted by molar-refractivity contribution is 6.29. The monoisotopic (exact) mass is 223 g/mol. The first-order chi connectivity index (χ1) is 7.25. The molecule has 0 aliphatic rings. The molecule has 0 atom stereocenters. The van der Waals surface area contributed by atoms with Gasteiger partial charge in [-0.15, -0.1) is 5.10 Å². The van der Waals surface area contributed by atoms with Gasteiger partial charge in [-0.25, -0.2) is 0 Å². The first-order valence-corrected chi connectivity index (χ1v) is 4.48. The number of furan rings is 1. The standard InChI is InChI=1S/C9H6ClN3O2/c10-7-4-3-6(15-7)9(14)12-8-2-1-5-11-13-8/h1-5H,(H,12,13,14). The SMILES string of the molecule is O=C(Nc1cccnn1)c1ccc(Cl)o1. The van der Waals surface area contributed by atoms with E-state index in [9.17, 15) is 4.79 Å². The molecule has 0 aromatic carbocycles. The molecule has 0 aliphatic carbocycles. The molecule has 15 heavy (non-hydrogen) atoms. The van der Waals surface area contributed by atoms with E-state index in [0.29, 0.717) is 5.82 Å². The molecule has 2 aromatic heterocycles. The van der Waals surface area contributed by atoms with Crippen LogP contribution in [0.4, 0.5) is 5.82 Å². The second-order valence-corrected chi connectivity index (χ2v) is 3.04. The van der Waals surface area contributed by atoms with Gasteiger partial charge in [0.05, 0.1) is 0 Å². The van der Waals surface area contributed by atoms with Crippen LogP contribution in [-0.4, -0.2) is 16.1 Å². The lowest BCUT2D eigenvalue weighted by Crippen LogP contribution is -2.12. The summed E-state index contributed by atoms with van der Waals surface area (Å²) in [6.07, 6.45) is 1.51. The van der Waals surface area contributed by atoms with Gasteiger partial charge >= 0.3 is 0 Å². The lowest BCUT2D eigenvalue weighted by Gasteiger charge is -1.99. The summed E-state index contributed by atoms with van der Waals surface area (Å²) >= 11 is 5.53. The third-order valence-corrected chi connectivity index (χ3v) is 1.81. The Balaban J connectivity index is 2.11. The average Bonchev–Trinajstić information content (AvgIpc) is 2.66. The van der Waals surface area contributed by atoms with Crippen LogP contribution in [0.25, 0.3) is 0 Å². The number of nitrogens with zero attached hydrogens (tertiary/aromatic N) is 2. The van der Waals surface area contributed by atoms with Crippen molar-refractivity contribution in [3.8, 4) is 0 Å². The van der Waals surface area contributed by atoms with E-state index in [2.05, 4.69) is 15.5 Å². The van der Waals surface area contributed by atoms with Crippen molar-refractivity contribution in [2.75, 3.05) is 5.32 Å². The number of halogens is 1. The Bertz CT molecular complexity index is 469. The summed E-state index contributed by atoms with van der Waals surface area (Å²) in [7, 11) is 0. The van der Waals surface area contributed by atoms with Crippen molar-refractivity contribution < 1.29 is 9.21 Å². The summed E-state index contributed by atoms with van der Waals surface area (Å²) in [6.45, 7) is 0. The van der Waals surface area contributed by atoms with Crippen LogP contribution >= 0.6 is 11.6 Å². The van der Waals surface area contributed by atoms with Crippen LogP contribution in [0.2, 0.25) is 5.22 Å². The van der Waals surface area contributed by atoms with E-state index >= 15 is 0 Å². The second kappa shape index (κ2) is 4.10. The molecule has 0 radical (unpaired) electrons. The minimum absolute atomic E-state index is 0.130. The first kappa shape index (κ1) is 9.67. The predicted molar refractivity (Wildman–Crippen MR) is 53.7 cm³/mol. The largest absolute Gasteiger partial charge is 0.440 e. The quantitative estimate of drug-likeness (QED) is 0.845.